The summed E-state index contributed by atoms with van der Waals surface area (Å²) in [5.41, 5.74) is 0.992. The summed E-state index contributed by atoms with van der Waals surface area (Å²) in [6.45, 7) is 2.40. The Bertz CT molecular complexity index is 674. The van der Waals surface area contributed by atoms with Crippen LogP contribution in [-0.4, -0.2) is 68.4 Å². The lowest BCUT2D eigenvalue weighted by Gasteiger charge is -2.31. The third-order valence-corrected chi connectivity index (χ3v) is 5.28. The average Bonchev–Trinajstić information content (AvgIpc) is 3.16. The molecular weight excluding hydrogens is 350 g/mol. The van der Waals surface area contributed by atoms with Gasteiger partial charge in [0.05, 0.1) is 20.1 Å². The van der Waals surface area contributed by atoms with Gasteiger partial charge in [0, 0.05) is 56.1 Å². The molecule has 0 aromatic heterocycles. The zero-order valence-corrected chi connectivity index (χ0v) is 15.8. The number of hydrogen-bond acceptors (Lipinski definition) is 5. The highest BCUT2D eigenvalue weighted by Gasteiger charge is 2.31. The standard InChI is InChI=1S/C19H27N3O5/c1-26-16-8-15(9-17(10-16)27-2)21-7-5-14(12-21)20-19(25)22-6-3-4-13(11-22)18(23)24/h8-10,13-14H,3-7,11-12H2,1-2H3,(H,20,25)(H,23,24). The Labute approximate surface area is 159 Å². The number of hydrogen-bond donors (Lipinski definition) is 2. The monoisotopic (exact) mass is 377 g/mol. The number of benzene rings is 1. The number of anilines is 1. The highest BCUT2D eigenvalue weighted by atomic mass is 16.5. The van der Waals surface area contributed by atoms with Crippen LogP contribution < -0.4 is 19.7 Å². The summed E-state index contributed by atoms with van der Waals surface area (Å²) in [5.74, 6) is 0.162. The molecule has 2 aliphatic heterocycles. The predicted octanol–water partition coefficient (Wildman–Crippen LogP) is 1.79. The number of urea groups is 1. The van der Waals surface area contributed by atoms with Crippen LogP contribution in [0.5, 0.6) is 11.5 Å². The predicted molar refractivity (Wildman–Crippen MR) is 101 cm³/mol. The summed E-state index contributed by atoms with van der Waals surface area (Å²) in [6, 6.07) is 5.59. The zero-order valence-electron chi connectivity index (χ0n) is 15.8. The van der Waals surface area contributed by atoms with Crippen LogP contribution in [0.2, 0.25) is 0 Å². The van der Waals surface area contributed by atoms with Gasteiger partial charge in [-0.1, -0.05) is 0 Å². The Kier molecular flexibility index (Phi) is 5.93. The lowest BCUT2D eigenvalue weighted by molar-refractivity contribution is -0.143. The summed E-state index contributed by atoms with van der Waals surface area (Å²) < 4.78 is 10.7. The third kappa shape index (κ3) is 4.56. The number of carbonyl (C=O) groups is 2. The highest BCUT2D eigenvalue weighted by Crippen LogP contribution is 2.30. The molecule has 3 rings (SSSR count). The summed E-state index contributed by atoms with van der Waals surface area (Å²) in [5, 5.41) is 12.2. The van der Waals surface area contributed by atoms with Gasteiger partial charge in [-0.25, -0.2) is 4.79 Å². The van der Waals surface area contributed by atoms with Gasteiger partial charge in [-0.2, -0.15) is 0 Å². The smallest absolute Gasteiger partial charge is 0.317 e. The number of amides is 2. The van der Waals surface area contributed by atoms with Gasteiger partial charge < -0.3 is 29.7 Å². The van der Waals surface area contributed by atoms with Crippen LogP contribution in [-0.2, 0) is 4.79 Å². The molecule has 2 saturated heterocycles. The van der Waals surface area contributed by atoms with E-state index in [1.807, 2.05) is 18.2 Å². The number of ether oxygens (including phenoxy) is 2. The Morgan fingerprint density at radius 2 is 1.78 bits per heavy atom. The van der Waals surface area contributed by atoms with E-state index in [0.717, 1.165) is 36.6 Å². The first-order valence-electron chi connectivity index (χ1n) is 9.26. The number of methoxy groups -OCH3 is 2. The van der Waals surface area contributed by atoms with Crippen LogP contribution in [0.15, 0.2) is 18.2 Å². The molecular formula is C19H27N3O5. The number of likely N-dealkylation sites (tertiary alicyclic amines) is 1. The first-order valence-corrected chi connectivity index (χ1v) is 9.26. The second-order valence-corrected chi connectivity index (χ2v) is 7.08. The van der Waals surface area contributed by atoms with Crippen LogP contribution in [0.3, 0.4) is 0 Å². The number of carbonyl (C=O) groups excluding carboxylic acids is 1. The van der Waals surface area contributed by atoms with E-state index in [1.54, 1.807) is 19.1 Å². The highest BCUT2D eigenvalue weighted by molar-refractivity contribution is 5.77. The van der Waals surface area contributed by atoms with E-state index in [1.165, 1.54) is 0 Å². The van der Waals surface area contributed by atoms with E-state index in [2.05, 4.69) is 10.2 Å². The lowest BCUT2D eigenvalue weighted by atomic mass is 9.99. The van der Waals surface area contributed by atoms with Crippen molar-refractivity contribution in [3.8, 4) is 11.5 Å². The molecule has 1 aromatic carbocycles. The van der Waals surface area contributed by atoms with Crippen molar-refractivity contribution < 1.29 is 24.2 Å². The van der Waals surface area contributed by atoms with Crippen molar-refractivity contribution in [3.05, 3.63) is 18.2 Å². The molecule has 2 atom stereocenters. The molecule has 2 heterocycles. The minimum Gasteiger partial charge on any atom is -0.497 e. The number of nitrogens with zero attached hydrogens (tertiary/aromatic N) is 2. The topological polar surface area (TPSA) is 91.3 Å². The van der Waals surface area contributed by atoms with Crippen molar-refractivity contribution in [1.29, 1.82) is 0 Å². The van der Waals surface area contributed by atoms with E-state index < -0.39 is 11.9 Å². The van der Waals surface area contributed by atoms with Crippen LogP contribution >= 0.6 is 0 Å². The van der Waals surface area contributed by atoms with Crippen molar-refractivity contribution >= 4 is 17.7 Å². The molecule has 0 radical (unpaired) electrons. The molecule has 2 fully saturated rings. The first kappa shape index (κ1) is 19.1. The maximum atomic E-state index is 12.5. The van der Waals surface area contributed by atoms with Crippen molar-refractivity contribution in [3.63, 3.8) is 0 Å². The van der Waals surface area contributed by atoms with Crippen molar-refractivity contribution in [2.75, 3.05) is 45.3 Å². The van der Waals surface area contributed by atoms with Crippen LogP contribution in [0.4, 0.5) is 10.5 Å². The molecule has 0 aliphatic carbocycles. The molecule has 0 spiro atoms. The maximum Gasteiger partial charge on any atom is 0.317 e. The van der Waals surface area contributed by atoms with Gasteiger partial charge in [0.1, 0.15) is 11.5 Å². The Balaban J connectivity index is 1.58. The molecule has 0 bridgehead atoms. The number of carboxylic acid groups (broad SMARTS) is 1. The van der Waals surface area contributed by atoms with Gasteiger partial charge in [0.25, 0.3) is 0 Å². The third-order valence-electron chi connectivity index (χ3n) is 5.28. The summed E-state index contributed by atoms with van der Waals surface area (Å²) in [7, 11) is 3.24. The minimum absolute atomic E-state index is 0.0277. The van der Waals surface area contributed by atoms with E-state index in [9.17, 15) is 14.7 Å². The molecule has 27 heavy (non-hydrogen) atoms. The number of piperidine rings is 1. The Morgan fingerprint density at radius 1 is 1.07 bits per heavy atom. The normalized spacial score (nSPS) is 22.4. The largest absolute Gasteiger partial charge is 0.497 e. The summed E-state index contributed by atoms with van der Waals surface area (Å²) in [6.07, 6.45) is 2.19. The number of aliphatic carboxylic acids is 1. The van der Waals surface area contributed by atoms with Crippen LogP contribution in [0, 0.1) is 5.92 Å². The van der Waals surface area contributed by atoms with Gasteiger partial charge >= 0.3 is 12.0 Å². The van der Waals surface area contributed by atoms with Gasteiger partial charge in [-0.05, 0) is 19.3 Å². The molecule has 2 aliphatic rings. The molecule has 0 saturated carbocycles. The second kappa shape index (κ2) is 8.37. The van der Waals surface area contributed by atoms with Gasteiger partial charge in [-0.3, -0.25) is 4.79 Å². The van der Waals surface area contributed by atoms with E-state index in [0.29, 0.717) is 19.5 Å². The second-order valence-electron chi connectivity index (χ2n) is 7.08. The summed E-state index contributed by atoms with van der Waals surface area (Å²) >= 11 is 0. The Morgan fingerprint density at radius 3 is 2.41 bits per heavy atom. The van der Waals surface area contributed by atoms with Crippen LogP contribution in [0.25, 0.3) is 0 Å². The fourth-order valence-electron chi connectivity index (χ4n) is 3.72. The molecule has 2 amide bonds. The van der Waals surface area contributed by atoms with Gasteiger partial charge in [0.15, 0.2) is 0 Å². The molecule has 8 nitrogen and oxygen atoms in total. The number of rotatable bonds is 5. The van der Waals surface area contributed by atoms with E-state index in [4.69, 9.17) is 9.47 Å². The SMILES string of the molecule is COc1cc(OC)cc(N2CCC(NC(=O)N3CCCC(C(=O)O)C3)C2)c1. The van der Waals surface area contributed by atoms with Crippen LogP contribution in [0.1, 0.15) is 19.3 Å². The van der Waals surface area contributed by atoms with Crippen molar-refractivity contribution in [1.82, 2.24) is 10.2 Å². The maximum absolute atomic E-state index is 12.5. The van der Waals surface area contributed by atoms with E-state index in [-0.39, 0.29) is 18.6 Å². The first-order chi connectivity index (χ1) is 13.0. The fourth-order valence-corrected chi connectivity index (χ4v) is 3.72. The fraction of sp³-hybridized carbons (Fsp3) is 0.579. The minimum atomic E-state index is -0.827. The average molecular weight is 377 g/mol. The lowest BCUT2D eigenvalue weighted by Crippen LogP contribution is -2.50. The summed E-state index contributed by atoms with van der Waals surface area (Å²) in [4.78, 5) is 27.5. The van der Waals surface area contributed by atoms with E-state index >= 15 is 0 Å². The quantitative estimate of drug-likeness (QED) is 0.813. The molecule has 2 unspecified atom stereocenters. The van der Waals surface area contributed by atoms with Gasteiger partial charge in [-0.15, -0.1) is 0 Å². The molecule has 148 valence electrons. The van der Waals surface area contributed by atoms with Crippen molar-refractivity contribution in [2.45, 2.75) is 25.3 Å². The van der Waals surface area contributed by atoms with Gasteiger partial charge in [0.2, 0.25) is 0 Å². The molecule has 2 N–H and O–H groups in total. The molecule has 1 aromatic rings. The number of carboxylic acids is 1. The zero-order chi connectivity index (χ0) is 19.4. The van der Waals surface area contributed by atoms with Crippen molar-refractivity contribution in [2.24, 2.45) is 5.92 Å². The number of nitrogens with one attached hydrogen (secondary N) is 1. The molecule has 8 heteroatoms. The Hall–Kier alpha value is -2.64.